The van der Waals surface area contributed by atoms with Crippen LogP contribution < -0.4 is 4.74 Å². The lowest BCUT2D eigenvalue weighted by Crippen LogP contribution is -2.43. The molecule has 0 spiro atoms. The zero-order valence-electron chi connectivity index (χ0n) is 11.1. The van der Waals surface area contributed by atoms with Crippen LogP contribution in [0.3, 0.4) is 0 Å². The molecule has 4 heteroatoms. The van der Waals surface area contributed by atoms with Crippen molar-refractivity contribution in [3.8, 4) is 5.75 Å². The smallest absolute Gasteiger partial charge is 0.309 e. The number of hydrogen-bond donors (Lipinski definition) is 2. The monoisotopic (exact) mass is 264 g/mol. The molecule has 1 aromatic rings. The Morgan fingerprint density at radius 1 is 1.47 bits per heavy atom. The van der Waals surface area contributed by atoms with Crippen molar-refractivity contribution in [1.82, 2.24) is 0 Å². The highest BCUT2D eigenvalue weighted by Gasteiger charge is 2.45. The average Bonchev–Trinajstić information content (AvgIpc) is 2.39. The Morgan fingerprint density at radius 3 is 2.89 bits per heavy atom. The number of ether oxygens (including phenoxy) is 1. The maximum atomic E-state index is 11.5. The first-order valence-electron chi connectivity index (χ1n) is 6.77. The van der Waals surface area contributed by atoms with Crippen LogP contribution in [0.15, 0.2) is 24.3 Å². The molecule has 2 N–H and O–H groups in total. The van der Waals surface area contributed by atoms with Gasteiger partial charge in [0, 0.05) is 12.0 Å². The Bertz CT molecular complexity index is 457. The van der Waals surface area contributed by atoms with E-state index in [-0.39, 0.29) is 0 Å². The summed E-state index contributed by atoms with van der Waals surface area (Å²) < 4.78 is 5.50. The van der Waals surface area contributed by atoms with Crippen LogP contribution in [0.2, 0.25) is 0 Å². The van der Waals surface area contributed by atoms with Crippen molar-refractivity contribution in [3.63, 3.8) is 0 Å². The molecule has 0 radical (unpaired) electrons. The molecule has 0 aromatic heterocycles. The van der Waals surface area contributed by atoms with Gasteiger partial charge in [-0.05, 0) is 12.5 Å². The van der Waals surface area contributed by atoms with Crippen molar-refractivity contribution >= 4 is 5.97 Å². The van der Waals surface area contributed by atoms with Gasteiger partial charge in [-0.15, -0.1) is 0 Å². The molecular weight excluding hydrogens is 244 g/mol. The van der Waals surface area contributed by atoms with Gasteiger partial charge in [0.1, 0.15) is 11.4 Å². The van der Waals surface area contributed by atoms with E-state index < -0.39 is 17.5 Å². The fraction of sp³-hybridized carbons (Fsp3) is 0.533. The van der Waals surface area contributed by atoms with Gasteiger partial charge in [-0.1, -0.05) is 38.0 Å². The number of aliphatic carboxylic acids is 1. The third kappa shape index (κ3) is 2.59. The molecule has 1 aliphatic rings. The first-order valence-corrected chi connectivity index (χ1v) is 6.77. The Labute approximate surface area is 113 Å². The lowest BCUT2D eigenvalue weighted by molar-refractivity contribution is -0.156. The number of carbonyl (C=O) groups is 1. The number of benzene rings is 1. The molecule has 2 unspecified atom stereocenters. The molecule has 0 saturated heterocycles. The first-order chi connectivity index (χ1) is 9.09. The predicted octanol–water partition coefficient (Wildman–Crippen LogP) is 2.55. The van der Waals surface area contributed by atoms with Crippen LogP contribution in [0.5, 0.6) is 5.75 Å². The second-order valence-corrected chi connectivity index (χ2v) is 5.05. The molecule has 19 heavy (non-hydrogen) atoms. The molecule has 104 valence electrons. The number of carboxylic acids is 1. The number of hydrogen-bond acceptors (Lipinski definition) is 3. The topological polar surface area (TPSA) is 66.8 Å². The summed E-state index contributed by atoms with van der Waals surface area (Å²) >= 11 is 0. The molecule has 0 amide bonds. The molecule has 2 atom stereocenters. The van der Waals surface area contributed by atoms with Gasteiger partial charge in [0.05, 0.1) is 12.5 Å². The van der Waals surface area contributed by atoms with Crippen LogP contribution in [-0.2, 0) is 10.4 Å². The molecule has 0 saturated carbocycles. The Hall–Kier alpha value is -1.55. The van der Waals surface area contributed by atoms with E-state index in [0.717, 1.165) is 12.8 Å². The van der Waals surface area contributed by atoms with E-state index in [1.807, 2.05) is 13.0 Å². The summed E-state index contributed by atoms with van der Waals surface area (Å²) in [5.74, 6) is -1.12. The third-order valence-corrected chi connectivity index (χ3v) is 3.82. The number of fused-ring (bicyclic) bond motifs is 1. The minimum absolute atomic E-state index is 0.324. The van der Waals surface area contributed by atoms with Crippen molar-refractivity contribution in [2.24, 2.45) is 5.92 Å². The van der Waals surface area contributed by atoms with Gasteiger partial charge in [0.25, 0.3) is 0 Å². The van der Waals surface area contributed by atoms with E-state index in [2.05, 4.69) is 0 Å². The Morgan fingerprint density at radius 2 is 2.21 bits per heavy atom. The average molecular weight is 264 g/mol. The van der Waals surface area contributed by atoms with Crippen LogP contribution in [0.25, 0.3) is 0 Å². The third-order valence-electron chi connectivity index (χ3n) is 3.82. The standard InChI is InChI=1S/C15H20O4/c1-2-3-6-12(14(16)17)15(18)9-10-19-13-8-5-4-7-11(13)15/h4-5,7-8,12,18H,2-3,6,9-10H2,1H3,(H,16,17). The van der Waals surface area contributed by atoms with Gasteiger partial charge >= 0.3 is 5.97 Å². The van der Waals surface area contributed by atoms with E-state index >= 15 is 0 Å². The van der Waals surface area contributed by atoms with Gasteiger partial charge in [-0.3, -0.25) is 4.79 Å². The van der Waals surface area contributed by atoms with Crippen LogP contribution in [0.4, 0.5) is 0 Å². The van der Waals surface area contributed by atoms with Crippen LogP contribution in [0, 0.1) is 5.92 Å². The van der Waals surface area contributed by atoms with Crippen molar-refractivity contribution in [2.75, 3.05) is 6.61 Å². The minimum atomic E-state index is -1.32. The second-order valence-electron chi connectivity index (χ2n) is 5.05. The van der Waals surface area contributed by atoms with E-state index in [4.69, 9.17) is 4.74 Å². The molecule has 0 aliphatic carbocycles. The SMILES string of the molecule is CCCCC(C(=O)O)C1(O)CCOc2ccccc21. The molecular formula is C15H20O4. The Kier molecular flexibility index (Phi) is 4.10. The normalized spacial score (nSPS) is 23.3. The quantitative estimate of drug-likeness (QED) is 0.857. The maximum Gasteiger partial charge on any atom is 0.309 e. The van der Waals surface area contributed by atoms with Crippen molar-refractivity contribution < 1.29 is 19.7 Å². The second kappa shape index (κ2) is 5.61. The summed E-state index contributed by atoms with van der Waals surface area (Å²) in [6.07, 6.45) is 2.52. The van der Waals surface area contributed by atoms with Crippen LogP contribution >= 0.6 is 0 Å². The first kappa shape index (κ1) is 13.9. The summed E-state index contributed by atoms with van der Waals surface area (Å²) in [6, 6.07) is 7.16. The summed E-state index contributed by atoms with van der Waals surface area (Å²) in [4.78, 5) is 11.5. The van der Waals surface area contributed by atoms with E-state index in [1.165, 1.54) is 0 Å². The molecule has 0 fully saturated rings. The zero-order chi connectivity index (χ0) is 13.9. The van der Waals surface area contributed by atoms with Crippen LogP contribution in [0.1, 0.15) is 38.2 Å². The predicted molar refractivity (Wildman–Crippen MR) is 71.1 cm³/mol. The molecule has 1 heterocycles. The summed E-state index contributed by atoms with van der Waals surface area (Å²) in [5, 5.41) is 20.4. The van der Waals surface area contributed by atoms with Crippen molar-refractivity contribution in [2.45, 2.75) is 38.2 Å². The molecule has 4 nitrogen and oxygen atoms in total. The largest absolute Gasteiger partial charge is 0.493 e. The fourth-order valence-corrected chi connectivity index (χ4v) is 2.74. The Balaban J connectivity index is 2.37. The van der Waals surface area contributed by atoms with Gasteiger partial charge in [0.15, 0.2) is 0 Å². The number of aliphatic hydroxyl groups is 1. The summed E-state index contributed by atoms with van der Waals surface area (Å²) in [6.45, 7) is 2.37. The lowest BCUT2D eigenvalue weighted by Gasteiger charge is -2.38. The van der Waals surface area contributed by atoms with Crippen molar-refractivity contribution in [1.29, 1.82) is 0 Å². The minimum Gasteiger partial charge on any atom is -0.493 e. The number of unbranched alkanes of at least 4 members (excludes halogenated alkanes) is 1. The van der Waals surface area contributed by atoms with Crippen molar-refractivity contribution in [3.05, 3.63) is 29.8 Å². The summed E-state index contributed by atoms with van der Waals surface area (Å²) in [7, 11) is 0. The fourth-order valence-electron chi connectivity index (χ4n) is 2.74. The molecule has 1 aliphatic heterocycles. The number of rotatable bonds is 5. The van der Waals surface area contributed by atoms with Gasteiger partial charge in [-0.25, -0.2) is 0 Å². The highest BCUT2D eigenvalue weighted by atomic mass is 16.5. The van der Waals surface area contributed by atoms with Crippen LogP contribution in [-0.4, -0.2) is 22.8 Å². The van der Waals surface area contributed by atoms with E-state index in [9.17, 15) is 15.0 Å². The molecule has 1 aromatic carbocycles. The molecule has 2 rings (SSSR count). The summed E-state index contributed by atoms with van der Waals surface area (Å²) in [5.41, 5.74) is -0.722. The number of para-hydroxylation sites is 1. The highest BCUT2D eigenvalue weighted by Crippen LogP contribution is 2.43. The van der Waals surface area contributed by atoms with Gasteiger partial charge < -0.3 is 14.9 Å². The van der Waals surface area contributed by atoms with E-state index in [1.54, 1.807) is 18.2 Å². The van der Waals surface area contributed by atoms with Gasteiger partial charge in [0.2, 0.25) is 0 Å². The highest BCUT2D eigenvalue weighted by molar-refractivity contribution is 5.72. The molecule has 0 bridgehead atoms. The maximum absolute atomic E-state index is 11.5. The van der Waals surface area contributed by atoms with E-state index in [0.29, 0.717) is 30.8 Å². The van der Waals surface area contributed by atoms with Gasteiger partial charge in [-0.2, -0.15) is 0 Å². The number of carboxylic acid groups (broad SMARTS) is 1. The lowest BCUT2D eigenvalue weighted by atomic mass is 9.75. The zero-order valence-corrected chi connectivity index (χ0v) is 11.1.